The van der Waals surface area contributed by atoms with Crippen LogP contribution >= 0.6 is 39.1 Å². The Kier molecular flexibility index (Phi) is 5.88. The smallest absolute Gasteiger partial charge is 0.127 e. The second-order valence-electron chi connectivity index (χ2n) is 4.76. The quantitative estimate of drug-likeness (QED) is 0.568. The van der Waals surface area contributed by atoms with Crippen LogP contribution in [0.15, 0.2) is 42.5 Å². The fourth-order valence-corrected chi connectivity index (χ4v) is 2.98. The molecule has 2 aromatic carbocycles. The van der Waals surface area contributed by atoms with E-state index in [9.17, 15) is 4.39 Å². The van der Waals surface area contributed by atoms with Crippen LogP contribution in [-0.4, -0.2) is 5.33 Å². The lowest BCUT2D eigenvalue weighted by Crippen LogP contribution is -2.11. The second kappa shape index (κ2) is 7.44. The molecule has 0 fully saturated rings. The molecule has 0 radical (unpaired) electrons. The van der Waals surface area contributed by atoms with Crippen molar-refractivity contribution in [2.45, 2.75) is 12.8 Å². The van der Waals surface area contributed by atoms with Gasteiger partial charge in [0.1, 0.15) is 5.82 Å². The molecule has 0 aliphatic heterocycles. The molecule has 0 spiro atoms. The lowest BCUT2D eigenvalue weighted by Gasteiger charge is -2.16. The van der Waals surface area contributed by atoms with E-state index in [-0.39, 0.29) is 11.7 Å². The van der Waals surface area contributed by atoms with Crippen LogP contribution in [0.2, 0.25) is 10.0 Å². The topological polar surface area (TPSA) is 0 Å². The third-order valence-corrected chi connectivity index (χ3v) is 4.73. The van der Waals surface area contributed by atoms with E-state index >= 15 is 0 Å². The van der Waals surface area contributed by atoms with Crippen LogP contribution in [0.4, 0.5) is 4.39 Å². The van der Waals surface area contributed by atoms with Crippen molar-refractivity contribution in [3.05, 3.63) is 69.5 Å². The molecular weight excluding hydrogens is 362 g/mol. The molecule has 20 heavy (non-hydrogen) atoms. The third-order valence-electron chi connectivity index (χ3n) is 3.21. The summed E-state index contributed by atoms with van der Waals surface area (Å²) in [7, 11) is 0. The van der Waals surface area contributed by atoms with Crippen molar-refractivity contribution in [2.24, 2.45) is 5.92 Å². The summed E-state index contributed by atoms with van der Waals surface area (Å²) in [5, 5.41) is 2.01. The van der Waals surface area contributed by atoms with Crippen molar-refractivity contribution >= 4 is 39.1 Å². The van der Waals surface area contributed by atoms with Crippen LogP contribution in [0, 0.1) is 11.7 Å². The third kappa shape index (κ3) is 4.21. The van der Waals surface area contributed by atoms with Crippen LogP contribution in [0.3, 0.4) is 0 Å². The summed E-state index contributed by atoms with van der Waals surface area (Å²) in [5.74, 6) is 0.0464. The highest BCUT2D eigenvalue weighted by Crippen LogP contribution is 2.25. The SMILES string of the molecule is Fc1cccc(Cl)c1CC(CBr)Cc1ccc(Cl)cc1. The van der Waals surface area contributed by atoms with Gasteiger partial charge in [-0.05, 0) is 48.6 Å². The number of benzene rings is 2. The minimum atomic E-state index is -0.237. The first-order valence-electron chi connectivity index (χ1n) is 6.33. The molecule has 0 amide bonds. The van der Waals surface area contributed by atoms with Crippen LogP contribution in [0.25, 0.3) is 0 Å². The molecule has 0 heterocycles. The Morgan fingerprint density at radius 1 is 1.00 bits per heavy atom. The molecule has 0 aliphatic rings. The summed E-state index contributed by atoms with van der Waals surface area (Å²) < 4.78 is 13.8. The molecule has 4 heteroatoms. The van der Waals surface area contributed by atoms with Crippen molar-refractivity contribution in [1.82, 2.24) is 0 Å². The van der Waals surface area contributed by atoms with E-state index in [0.717, 1.165) is 16.8 Å². The van der Waals surface area contributed by atoms with Crippen molar-refractivity contribution in [1.29, 1.82) is 0 Å². The normalized spacial score (nSPS) is 12.4. The minimum absolute atomic E-state index is 0.237. The van der Waals surface area contributed by atoms with E-state index < -0.39 is 0 Å². The maximum Gasteiger partial charge on any atom is 0.127 e. The zero-order valence-corrected chi connectivity index (χ0v) is 13.8. The van der Waals surface area contributed by atoms with Gasteiger partial charge in [-0.25, -0.2) is 4.39 Å². The van der Waals surface area contributed by atoms with Crippen LogP contribution in [0.1, 0.15) is 11.1 Å². The molecule has 0 aliphatic carbocycles. The fraction of sp³-hybridized carbons (Fsp3) is 0.250. The summed E-state index contributed by atoms with van der Waals surface area (Å²) in [6, 6.07) is 12.6. The summed E-state index contributed by atoms with van der Waals surface area (Å²) in [6.45, 7) is 0. The molecule has 0 aromatic heterocycles. The highest BCUT2D eigenvalue weighted by molar-refractivity contribution is 9.09. The zero-order chi connectivity index (χ0) is 14.5. The molecule has 0 N–H and O–H groups in total. The number of halogens is 4. The predicted octanol–water partition coefficient (Wildman–Crippen LogP) is 5.93. The summed E-state index contributed by atoms with van der Waals surface area (Å²) in [6.07, 6.45) is 1.46. The number of hydrogen-bond donors (Lipinski definition) is 0. The lowest BCUT2D eigenvalue weighted by molar-refractivity contribution is 0.550. The van der Waals surface area contributed by atoms with Crippen molar-refractivity contribution in [3.8, 4) is 0 Å². The zero-order valence-electron chi connectivity index (χ0n) is 10.8. The predicted molar refractivity (Wildman–Crippen MR) is 87.6 cm³/mol. The molecule has 0 bridgehead atoms. The Bertz CT molecular complexity index is 549. The van der Waals surface area contributed by atoms with E-state index in [1.165, 1.54) is 11.6 Å². The van der Waals surface area contributed by atoms with Gasteiger partial charge in [0.2, 0.25) is 0 Å². The second-order valence-corrected chi connectivity index (χ2v) is 6.25. The molecular formula is C16H14BrCl2F. The summed E-state index contributed by atoms with van der Waals surface area (Å²) in [4.78, 5) is 0. The molecule has 1 atom stereocenters. The van der Waals surface area contributed by atoms with Gasteiger partial charge >= 0.3 is 0 Å². The van der Waals surface area contributed by atoms with Gasteiger partial charge < -0.3 is 0 Å². The first-order valence-corrected chi connectivity index (χ1v) is 8.21. The Labute approximate surface area is 137 Å². The largest absolute Gasteiger partial charge is 0.207 e. The maximum atomic E-state index is 13.8. The fourth-order valence-electron chi connectivity index (χ4n) is 2.15. The van der Waals surface area contributed by atoms with Gasteiger partial charge in [0.05, 0.1) is 0 Å². The van der Waals surface area contributed by atoms with Gasteiger partial charge in [-0.1, -0.05) is 57.3 Å². The lowest BCUT2D eigenvalue weighted by atomic mass is 9.94. The Morgan fingerprint density at radius 2 is 1.70 bits per heavy atom. The average molecular weight is 376 g/mol. The minimum Gasteiger partial charge on any atom is -0.207 e. The number of alkyl halides is 1. The van der Waals surface area contributed by atoms with Crippen LogP contribution in [0.5, 0.6) is 0 Å². The Morgan fingerprint density at radius 3 is 2.30 bits per heavy atom. The van der Waals surface area contributed by atoms with Gasteiger partial charge in [0.25, 0.3) is 0 Å². The number of hydrogen-bond acceptors (Lipinski definition) is 0. The molecule has 0 nitrogen and oxygen atoms in total. The highest BCUT2D eigenvalue weighted by Gasteiger charge is 2.15. The van der Waals surface area contributed by atoms with Crippen molar-refractivity contribution < 1.29 is 4.39 Å². The van der Waals surface area contributed by atoms with E-state index in [1.807, 2.05) is 24.3 Å². The number of rotatable bonds is 5. The van der Waals surface area contributed by atoms with E-state index in [1.54, 1.807) is 12.1 Å². The molecule has 0 saturated carbocycles. The van der Waals surface area contributed by atoms with Gasteiger partial charge in [-0.15, -0.1) is 0 Å². The molecule has 2 aromatic rings. The molecule has 2 rings (SSSR count). The first kappa shape index (κ1) is 15.8. The first-order chi connectivity index (χ1) is 9.60. The van der Waals surface area contributed by atoms with Gasteiger partial charge in [0.15, 0.2) is 0 Å². The van der Waals surface area contributed by atoms with Gasteiger partial charge in [-0.3, -0.25) is 0 Å². The molecule has 0 saturated heterocycles. The van der Waals surface area contributed by atoms with E-state index in [2.05, 4.69) is 15.9 Å². The Hall–Kier alpha value is -0.570. The van der Waals surface area contributed by atoms with Gasteiger partial charge in [0, 0.05) is 20.9 Å². The van der Waals surface area contributed by atoms with E-state index in [4.69, 9.17) is 23.2 Å². The monoisotopic (exact) mass is 374 g/mol. The molecule has 106 valence electrons. The van der Waals surface area contributed by atoms with Crippen LogP contribution in [-0.2, 0) is 12.8 Å². The summed E-state index contributed by atoms with van der Waals surface area (Å²) >= 11 is 15.5. The van der Waals surface area contributed by atoms with E-state index in [0.29, 0.717) is 17.0 Å². The highest BCUT2D eigenvalue weighted by atomic mass is 79.9. The summed E-state index contributed by atoms with van der Waals surface area (Å²) in [5.41, 5.74) is 1.78. The van der Waals surface area contributed by atoms with Crippen molar-refractivity contribution in [2.75, 3.05) is 5.33 Å². The standard InChI is InChI=1S/C16H14BrCl2F/c17-10-12(8-11-4-6-13(18)7-5-11)9-14-15(19)2-1-3-16(14)20/h1-7,12H,8-10H2. The van der Waals surface area contributed by atoms with Gasteiger partial charge in [-0.2, -0.15) is 0 Å². The Balaban J connectivity index is 2.11. The maximum absolute atomic E-state index is 13.8. The molecule has 1 unspecified atom stereocenters. The van der Waals surface area contributed by atoms with Crippen LogP contribution < -0.4 is 0 Å². The van der Waals surface area contributed by atoms with Crippen molar-refractivity contribution in [3.63, 3.8) is 0 Å². The average Bonchev–Trinajstić information content (AvgIpc) is 2.44.